The number of hydrogen-bond acceptors (Lipinski definition) is 4. The van der Waals surface area contributed by atoms with Crippen LogP contribution in [0, 0.1) is 0 Å². The topological polar surface area (TPSA) is 29.5 Å². The molecule has 3 heterocycles. The van der Waals surface area contributed by atoms with Crippen LogP contribution in [0.3, 0.4) is 0 Å². The summed E-state index contributed by atoms with van der Waals surface area (Å²) >= 11 is 1.86. The van der Waals surface area contributed by atoms with Crippen LogP contribution in [0.4, 0.5) is 17.1 Å². The second-order valence-corrected chi connectivity index (χ2v) is 18.1. The Bertz CT molecular complexity index is 3970. The van der Waals surface area contributed by atoms with Crippen LogP contribution in [0.15, 0.2) is 233 Å². The molecular formula is C61H37NO2S. The number of para-hydroxylation sites is 2. The van der Waals surface area contributed by atoms with E-state index in [9.17, 15) is 0 Å². The van der Waals surface area contributed by atoms with Crippen molar-refractivity contribution in [3.8, 4) is 22.3 Å². The number of anilines is 3. The molecule has 0 aliphatic heterocycles. The van der Waals surface area contributed by atoms with E-state index in [1.807, 2.05) is 29.5 Å². The van der Waals surface area contributed by atoms with Gasteiger partial charge in [-0.1, -0.05) is 158 Å². The average Bonchev–Trinajstić information content (AvgIpc) is 4.13. The second kappa shape index (κ2) is 13.9. The van der Waals surface area contributed by atoms with Gasteiger partial charge in [-0.25, -0.2) is 0 Å². The fourth-order valence-electron chi connectivity index (χ4n) is 11.0. The molecule has 3 aromatic heterocycles. The minimum atomic E-state index is -0.528. The average molecular weight is 848 g/mol. The van der Waals surface area contributed by atoms with Crippen molar-refractivity contribution in [3.63, 3.8) is 0 Å². The van der Waals surface area contributed by atoms with Gasteiger partial charge in [0.2, 0.25) is 0 Å². The number of nitrogens with zero attached hydrogens (tertiary/aromatic N) is 1. The SMILES string of the molecule is c1ccc(C2(c3ccccc3)c3ccccc3-c3ccc(N(c4ccc(-c5cccc6c5sc5c6ccc6oc7ccccc7c65)cc4)c4ccc5c(c4)oc4ccccc45)cc32)cc1. The van der Waals surface area contributed by atoms with Crippen molar-refractivity contribution >= 4 is 92.4 Å². The Balaban J connectivity index is 0.966. The molecule has 13 aromatic rings. The molecule has 0 radical (unpaired) electrons. The quantitative estimate of drug-likeness (QED) is 0.167. The molecule has 304 valence electrons. The van der Waals surface area contributed by atoms with E-state index in [2.05, 4.69) is 211 Å². The van der Waals surface area contributed by atoms with Gasteiger partial charge >= 0.3 is 0 Å². The third-order valence-corrected chi connectivity index (χ3v) is 15.0. The smallest absolute Gasteiger partial charge is 0.137 e. The molecule has 4 heteroatoms. The molecule has 10 aromatic carbocycles. The minimum absolute atomic E-state index is 0.528. The van der Waals surface area contributed by atoms with Crippen LogP contribution in [0.2, 0.25) is 0 Å². The minimum Gasteiger partial charge on any atom is -0.456 e. The van der Waals surface area contributed by atoms with Gasteiger partial charge in [0.05, 0.1) is 5.41 Å². The van der Waals surface area contributed by atoms with Gasteiger partial charge in [-0.3, -0.25) is 0 Å². The van der Waals surface area contributed by atoms with Crippen molar-refractivity contribution < 1.29 is 8.83 Å². The van der Waals surface area contributed by atoms with Crippen LogP contribution in [0.1, 0.15) is 22.3 Å². The lowest BCUT2D eigenvalue weighted by Gasteiger charge is -2.35. The second-order valence-electron chi connectivity index (χ2n) is 17.1. The Morgan fingerprint density at radius 1 is 0.338 bits per heavy atom. The lowest BCUT2D eigenvalue weighted by atomic mass is 9.67. The van der Waals surface area contributed by atoms with Gasteiger partial charge in [0, 0.05) is 64.8 Å². The molecule has 0 atom stereocenters. The number of benzene rings is 10. The summed E-state index contributed by atoms with van der Waals surface area (Å²) in [5.41, 5.74) is 16.2. The first-order valence-electron chi connectivity index (χ1n) is 22.2. The summed E-state index contributed by atoms with van der Waals surface area (Å²) in [6.07, 6.45) is 0. The van der Waals surface area contributed by atoms with Crippen molar-refractivity contribution in [2.24, 2.45) is 0 Å². The Hall–Kier alpha value is -8.18. The predicted molar refractivity (Wildman–Crippen MR) is 271 cm³/mol. The van der Waals surface area contributed by atoms with E-state index < -0.39 is 5.41 Å². The van der Waals surface area contributed by atoms with Crippen LogP contribution in [-0.2, 0) is 5.41 Å². The predicted octanol–water partition coefficient (Wildman–Crippen LogP) is 17.4. The molecule has 14 rings (SSSR count). The summed E-state index contributed by atoms with van der Waals surface area (Å²) in [7, 11) is 0. The van der Waals surface area contributed by atoms with Crippen molar-refractivity contribution in [1.29, 1.82) is 0 Å². The first-order valence-corrected chi connectivity index (χ1v) is 23.0. The van der Waals surface area contributed by atoms with Gasteiger partial charge in [-0.05, 0) is 105 Å². The van der Waals surface area contributed by atoms with E-state index in [-0.39, 0.29) is 0 Å². The van der Waals surface area contributed by atoms with Gasteiger partial charge < -0.3 is 13.7 Å². The van der Waals surface area contributed by atoms with Crippen LogP contribution < -0.4 is 4.90 Å². The molecule has 65 heavy (non-hydrogen) atoms. The lowest BCUT2D eigenvalue weighted by Crippen LogP contribution is -2.28. The van der Waals surface area contributed by atoms with Crippen molar-refractivity contribution in [2.45, 2.75) is 5.41 Å². The van der Waals surface area contributed by atoms with Gasteiger partial charge in [0.15, 0.2) is 0 Å². The lowest BCUT2D eigenvalue weighted by molar-refractivity contribution is 0.668. The van der Waals surface area contributed by atoms with E-state index in [1.165, 1.54) is 70.1 Å². The summed E-state index contributed by atoms with van der Waals surface area (Å²) in [5.74, 6) is 0. The number of rotatable bonds is 6. The Morgan fingerprint density at radius 2 is 0.892 bits per heavy atom. The molecule has 0 amide bonds. The van der Waals surface area contributed by atoms with E-state index in [0.29, 0.717) is 0 Å². The number of hydrogen-bond donors (Lipinski definition) is 0. The van der Waals surface area contributed by atoms with E-state index in [0.717, 1.165) is 55.6 Å². The molecule has 0 fully saturated rings. The molecule has 0 saturated carbocycles. The summed E-state index contributed by atoms with van der Waals surface area (Å²) in [6.45, 7) is 0. The number of furan rings is 2. The molecular weight excluding hydrogens is 811 g/mol. The van der Waals surface area contributed by atoms with Crippen molar-refractivity contribution in [3.05, 3.63) is 247 Å². The first-order chi connectivity index (χ1) is 32.2. The van der Waals surface area contributed by atoms with E-state index in [1.54, 1.807) is 0 Å². The van der Waals surface area contributed by atoms with Gasteiger partial charge in [0.25, 0.3) is 0 Å². The summed E-state index contributed by atoms with van der Waals surface area (Å²) < 4.78 is 15.4. The maximum atomic E-state index is 6.54. The monoisotopic (exact) mass is 847 g/mol. The fraction of sp³-hybridized carbons (Fsp3) is 0.0164. The zero-order valence-electron chi connectivity index (χ0n) is 35.0. The van der Waals surface area contributed by atoms with E-state index in [4.69, 9.17) is 8.83 Å². The molecule has 0 N–H and O–H groups in total. The van der Waals surface area contributed by atoms with E-state index >= 15 is 0 Å². The molecule has 0 bridgehead atoms. The van der Waals surface area contributed by atoms with Crippen molar-refractivity contribution in [2.75, 3.05) is 4.90 Å². The fourth-order valence-corrected chi connectivity index (χ4v) is 12.3. The highest BCUT2D eigenvalue weighted by Gasteiger charge is 2.46. The molecule has 0 saturated heterocycles. The highest BCUT2D eigenvalue weighted by Crippen LogP contribution is 2.57. The largest absolute Gasteiger partial charge is 0.456 e. The summed E-state index contributed by atoms with van der Waals surface area (Å²) in [6, 6.07) is 81.5. The summed E-state index contributed by atoms with van der Waals surface area (Å²) in [4.78, 5) is 2.39. The first kappa shape index (κ1) is 36.3. The maximum Gasteiger partial charge on any atom is 0.137 e. The normalized spacial score (nSPS) is 13.0. The highest BCUT2D eigenvalue weighted by atomic mass is 32.1. The Morgan fingerprint density at radius 3 is 1.69 bits per heavy atom. The zero-order valence-corrected chi connectivity index (χ0v) is 35.9. The third kappa shape index (κ3) is 5.23. The highest BCUT2D eigenvalue weighted by molar-refractivity contribution is 7.27. The Kier molecular flexibility index (Phi) is 7.77. The van der Waals surface area contributed by atoms with Crippen molar-refractivity contribution in [1.82, 2.24) is 0 Å². The van der Waals surface area contributed by atoms with Crippen LogP contribution in [0.25, 0.3) is 86.3 Å². The third-order valence-electron chi connectivity index (χ3n) is 13.8. The molecule has 0 spiro atoms. The maximum absolute atomic E-state index is 6.54. The standard InChI is InChI=1S/C61H37NO2S/c1-3-14-39(15-4-1)61(40-16-5-2-6-17-40)52-23-10-7-18-45(52)46-32-30-42(36-53(46)61)62(43-31-33-48-47-19-8-11-24-54(47)64-57(48)37-43)41-28-26-38(27-29-41)44-21-13-22-49-50-34-35-56-58(60(50)65-59(44)49)51-20-9-12-25-55(51)63-56/h1-37H. The number of thiophene rings is 1. The molecule has 1 aliphatic carbocycles. The molecule has 3 nitrogen and oxygen atoms in total. The Labute approximate surface area is 378 Å². The molecule has 1 aliphatic rings. The van der Waals surface area contributed by atoms with Crippen LogP contribution in [0.5, 0.6) is 0 Å². The van der Waals surface area contributed by atoms with Gasteiger partial charge in [-0.15, -0.1) is 11.3 Å². The van der Waals surface area contributed by atoms with Gasteiger partial charge in [-0.2, -0.15) is 0 Å². The number of fused-ring (bicyclic) bond motifs is 13. The van der Waals surface area contributed by atoms with Crippen LogP contribution in [-0.4, -0.2) is 0 Å². The summed E-state index contributed by atoms with van der Waals surface area (Å²) in [5, 5.41) is 7.10. The molecule has 0 unspecified atom stereocenters. The van der Waals surface area contributed by atoms with Crippen LogP contribution >= 0.6 is 11.3 Å². The van der Waals surface area contributed by atoms with Gasteiger partial charge in [0.1, 0.15) is 22.3 Å². The zero-order chi connectivity index (χ0) is 42.6.